The molecule has 1 fully saturated rings. The second-order valence-corrected chi connectivity index (χ2v) is 8.94. The molecule has 0 saturated carbocycles. The monoisotopic (exact) mass is 504 g/mol. The Morgan fingerprint density at radius 2 is 1.83 bits per heavy atom. The van der Waals surface area contributed by atoms with E-state index < -0.39 is 17.1 Å². The fourth-order valence-electron chi connectivity index (χ4n) is 3.99. The van der Waals surface area contributed by atoms with Gasteiger partial charge in [0.05, 0.1) is 23.6 Å². The molecule has 0 bridgehead atoms. The molecule has 0 spiro atoms. The molecule has 0 unspecified atom stereocenters. The van der Waals surface area contributed by atoms with E-state index in [-0.39, 0.29) is 42.1 Å². The Kier molecular flexibility index (Phi) is 9.20. The molecule has 10 heteroatoms. The lowest BCUT2D eigenvalue weighted by molar-refractivity contribution is -0.145. The van der Waals surface area contributed by atoms with Crippen molar-refractivity contribution in [3.63, 3.8) is 0 Å². The van der Waals surface area contributed by atoms with Crippen LogP contribution in [0.4, 0.5) is 4.39 Å². The first kappa shape index (κ1) is 26.6. The van der Waals surface area contributed by atoms with Gasteiger partial charge in [-0.1, -0.05) is 42.8 Å². The van der Waals surface area contributed by atoms with Gasteiger partial charge in [-0.05, 0) is 43.0 Å². The number of aryl methyl sites for hydroxylation is 1. The van der Waals surface area contributed by atoms with Crippen LogP contribution in [0.25, 0.3) is 0 Å². The number of amides is 3. The molecular formula is C25H30ClFN4O4. The Labute approximate surface area is 208 Å². The van der Waals surface area contributed by atoms with Crippen molar-refractivity contribution in [3.8, 4) is 0 Å². The largest absolute Gasteiger partial charge is 0.351 e. The number of rotatable bonds is 9. The van der Waals surface area contributed by atoms with Gasteiger partial charge in [-0.3, -0.25) is 19.2 Å². The Morgan fingerprint density at radius 3 is 2.46 bits per heavy atom. The zero-order valence-corrected chi connectivity index (χ0v) is 20.4. The number of likely N-dealkylation sites (tertiary alicyclic amines) is 1. The van der Waals surface area contributed by atoms with E-state index in [2.05, 4.69) is 10.8 Å². The lowest BCUT2D eigenvalue weighted by Gasteiger charge is -2.40. The normalized spacial score (nSPS) is 14.9. The van der Waals surface area contributed by atoms with Gasteiger partial charge in [0.15, 0.2) is 0 Å². The number of benzene rings is 2. The maximum atomic E-state index is 14.3. The number of piperidine rings is 1. The average molecular weight is 505 g/mol. The number of carbonyl (C=O) groups is 3. The molecule has 1 aliphatic heterocycles. The zero-order valence-electron chi connectivity index (χ0n) is 19.6. The second-order valence-electron chi connectivity index (χ2n) is 8.53. The number of nitrogens with two attached hydrogens (primary N) is 1. The van der Waals surface area contributed by atoms with E-state index in [9.17, 15) is 18.8 Å². The van der Waals surface area contributed by atoms with Crippen LogP contribution in [-0.4, -0.2) is 48.9 Å². The molecule has 35 heavy (non-hydrogen) atoms. The lowest BCUT2D eigenvalue weighted by atomic mass is 9.78. The predicted molar refractivity (Wildman–Crippen MR) is 130 cm³/mol. The number of nitrogens with one attached hydrogen (secondary N) is 2. The minimum absolute atomic E-state index is 0.0296. The molecular weight excluding hydrogens is 475 g/mol. The molecule has 3 rings (SSSR count). The summed E-state index contributed by atoms with van der Waals surface area (Å²) in [7, 11) is 0. The molecule has 2 aromatic carbocycles. The standard InChI is InChI=1S/C25H30ClFN4O4/c1-2-17-6-8-18(9-7-17)23(33)30-35-16-25(10-12-31(13-11-25)21(32)14-28)24(34)29-15-19-4-3-5-20(26)22(19)27/h3-9H,2,10-16,28H2,1H3,(H,29,34)(H,30,33). The lowest BCUT2D eigenvalue weighted by Crippen LogP contribution is -2.53. The minimum atomic E-state index is -1.03. The van der Waals surface area contributed by atoms with E-state index in [1.807, 2.05) is 19.1 Å². The highest BCUT2D eigenvalue weighted by molar-refractivity contribution is 6.30. The summed E-state index contributed by atoms with van der Waals surface area (Å²) in [6.07, 6.45) is 1.45. The Balaban J connectivity index is 1.66. The quantitative estimate of drug-likeness (QED) is 0.454. The minimum Gasteiger partial charge on any atom is -0.351 e. The number of hydrogen-bond acceptors (Lipinski definition) is 5. The number of nitrogens with zero attached hydrogens (tertiary/aromatic N) is 1. The predicted octanol–water partition coefficient (Wildman–Crippen LogP) is 2.59. The maximum Gasteiger partial charge on any atom is 0.274 e. The van der Waals surface area contributed by atoms with E-state index >= 15 is 0 Å². The highest BCUT2D eigenvalue weighted by Gasteiger charge is 2.43. The first-order valence-electron chi connectivity index (χ1n) is 11.5. The number of hydrogen-bond donors (Lipinski definition) is 3. The second kappa shape index (κ2) is 12.1. The molecule has 0 atom stereocenters. The summed E-state index contributed by atoms with van der Waals surface area (Å²) in [5.41, 5.74) is 8.63. The van der Waals surface area contributed by atoms with Gasteiger partial charge in [-0.15, -0.1) is 0 Å². The van der Waals surface area contributed by atoms with Gasteiger partial charge in [0, 0.05) is 30.8 Å². The van der Waals surface area contributed by atoms with Crippen LogP contribution in [0.3, 0.4) is 0 Å². The van der Waals surface area contributed by atoms with Crippen LogP contribution >= 0.6 is 11.6 Å². The summed E-state index contributed by atoms with van der Waals surface area (Å²) >= 11 is 5.83. The van der Waals surface area contributed by atoms with Crippen LogP contribution in [0.2, 0.25) is 5.02 Å². The van der Waals surface area contributed by atoms with Crippen molar-refractivity contribution in [2.75, 3.05) is 26.2 Å². The van der Waals surface area contributed by atoms with Gasteiger partial charge in [0.1, 0.15) is 5.82 Å². The highest BCUT2D eigenvalue weighted by atomic mass is 35.5. The van der Waals surface area contributed by atoms with Gasteiger partial charge < -0.3 is 16.0 Å². The van der Waals surface area contributed by atoms with Crippen molar-refractivity contribution in [1.29, 1.82) is 0 Å². The molecule has 8 nitrogen and oxygen atoms in total. The third kappa shape index (κ3) is 6.56. The molecule has 1 aliphatic rings. The Hall–Kier alpha value is -3.01. The average Bonchev–Trinajstić information content (AvgIpc) is 2.89. The van der Waals surface area contributed by atoms with Gasteiger partial charge in [0.25, 0.3) is 5.91 Å². The molecule has 1 heterocycles. The van der Waals surface area contributed by atoms with Crippen LogP contribution in [0, 0.1) is 11.2 Å². The first-order chi connectivity index (χ1) is 16.8. The van der Waals surface area contributed by atoms with Crippen LogP contribution in [-0.2, 0) is 27.4 Å². The van der Waals surface area contributed by atoms with E-state index in [4.69, 9.17) is 22.2 Å². The molecule has 4 N–H and O–H groups in total. The van der Waals surface area contributed by atoms with E-state index in [0.717, 1.165) is 12.0 Å². The summed E-state index contributed by atoms with van der Waals surface area (Å²) in [6, 6.07) is 11.7. The molecule has 188 valence electrons. The number of halogens is 2. The van der Waals surface area contributed by atoms with Gasteiger partial charge in [-0.25, -0.2) is 9.87 Å². The first-order valence-corrected chi connectivity index (χ1v) is 11.9. The highest BCUT2D eigenvalue weighted by Crippen LogP contribution is 2.32. The molecule has 0 radical (unpaired) electrons. The fraction of sp³-hybridized carbons (Fsp3) is 0.400. The van der Waals surface area contributed by atoms with Crippen LogP contribution < -0.4 is 16.5 Å². The van der Waals surface area contributed by atoms with Crippen LogP contribution in [0.1, 0.15) is 41.3 Å². The molecule has 1 saturated heterocycles. The van der Waals surface area contributed by atoms with Gasteiger partial charge in [-0.2, -0.15) is 0 Å². The third-order valence-corrected chi connectivity index (χ3v) is 6.63. The molecule has 0 aliphatic carbocycles. The van der Waals surface area contributed by atoms with Crippen molar-refractivity contribution in [2.45, 2.75) is 32.7 Å². The summed E-state index contributed by atoms with van der Waals surface area (Å²) in [5.74, 6) is -1.59. The van der Waals surface area contributed by atoms with E-state index in [0.29, 0.717) is 31.5 Å². The number of carbonyl (C=O) groups excluding carboxylic acids is 3. The molecule has 0 aromatic heterocycles. The van der Waals surface area contributed by atoms with E-state index in [1.54, 1.807) is 23.1 Å². The summed E-state index contributed by atoms with van der Waals surface area (Å²) in [6.45, 7) is 2.36. The Bertz CT molecular complexity index is 1060. The SMILES string of the molecule is CCc1ccc(C(=O)NOCC2(C(=O)NCc3cccc(Cl)c3F)CCN(C(=O)CN)CC2)cc1. The van der Waals surface area contributed by atoms with Crippen molar-refractivity contribution in [1.82, 2.24) is 15.7 Å². The summed E-state index contributed by atoms with van der Waals surface area (Å²) < 4.78 is 14.3. The number of hydroxylamine groups is 1. The summed E-state index contributed by atoms with van der Waals surface area (Å²) in [5, 5.41) is 2.73. The van der Waals surface area contributed by atoms with Crippen molar-refractivity contribution in [3.05, 3.63) is 70.0 Å². The van der Waals surface area contributed by atoms with Crippen molar-refractivity contribution < 1.29 is 23.6 Å². The van der Waals surface area contributed by atoms with Gasteiger partial charge in [0.2, 0.25) is 11.8 Å². The van der Waals surface area contributed by atoms with E-state index in [1.165, 1.54) is 12.1 Å². The van der Waals surface area contributed by atoms with Crippen molar-refractivity contribution in [2.24, 2.45) is 11.1 Å². The third-order valence-electron chi connectivity index (χ3n) is 6.34. The van der Waals surface area contributed by atoms with Crippen LogP contribution in [0.15, 0.2) is 42.5 Å². The summed E-state index contributed by atoms with van der Waals surface area (Å²) in [4.78, 5) is 44.8. The molecule has 3 amide bonds. The maximum absolute atomic E-state index is 14.3. The Morgan fingerprint density at radius 1 is 1.14 bits per heavy atom. The molecule has 2 aromatic rings. The fourth-order valence-corrected chi connectivity index (χ4v) is 4.18. The van der Waals surface area contributed by atoms with Crippen molar-refractivity contribution >= 4 is 29.3 Å². The van der Waals surface area contributed by atoms with Gasteiger partial charge >= 0.3 is 0 Å². The topological polar surface area (TPSA) is 114 Å². The van der Waals surface area contributed by atoms with Crippen LogP contribution in [0.5, 0.6) is 0 Å². The zero-order chi connectivity index (χ0) is 25.4. The smallest absolute Gasteiger partial charge is 0.274 e.